The minimum Gasteiger partial charge on any atom is -0.490 e. The molecule has 0 aliphatic heterocycles. The predicted octanol–water partition coefficient (Wildman–Crippen LogP) is 5.56. The van der Waals surface area contributed by atoms with Crippen molar-refractivity contribution < 1.29 is 19.4 Å². The zero-order valence-corrected chi connectivity index (χ0v) is 22.1. The summed E-state index contributed by atoms with van der Waals surface area (Å²) in [6.45, 7) is 4.81. The number of aromatic amines is 1. The number of para-hydroxylation sites is 1. The molecule has 0 bridgehead atoms. The SMILES string of the molecule is CC(C)(Cc1ccc(Oc2ccc(C(N)=O)cc2)cc1)NC[C@H](O)COc1cccc2[nH]c3ccccc3c12. The van der Waals surface area contributed by atoms with Crippen LogP contribution >= 0.6 is 0 Å². The van der Waals surface area contributed by atoms with Crippen LogP contribution in [0.5, 0.6) is 17.2 Å². The Kier molecular flexibility index (Phi) is 7.54. The van der Waals surface area contributed by atoms with Crippen LogP contribution < -0.4 is 20.5 Å². The quantitative estimate of drug-likeness (QED) is 0.181. The number of aromatic nitrogens is 1. The minimum absolute atomic E-state index is 0.189. The van der Waals surface area contributed by atoms with Gasteiger partial charge >= 0.3 is 0 Å². The number of carbonyl (C=O) groups excluding carboxylic acids is 1. The number of benzene rings is 4. The normalized spacial score (nSPS) is 12.5. The van der Waals surface area contributed by atoms with Crippen LogP contribution in [0.15, 0.2) is 91.0 Å². The monoisotopic (exact) mass is 523 g/mol. The highest BCUT2D eigenvalue weighted by Gasteiger charge is 2.20. The van der Waals surface area contributed by atoms with Gasteiger partial charge in [0.25, 0.3) is 0 Å². The topological polar surface area (TPSA) is 110 Å². The molecule has 5 aromatic rings. The Morgan fingerprint density at radius 2 is 1.59 bits per heavy atom. The van der Waals surface area contributed by atoms with E-state index in [1.54, 1.807) is 24.3 Å². The van der Waals surface area contributed by atoms with Gasteiger partial charge in [0.05, 0.1) is 5.52 Å². The van der Waals surface area contributed by atoms with Crippen LogP contribution in [0.4, 0.5) is 0 Å². The largest absolute Gasteiger partial charge is 0.490 e. The fourth-order valence-electron chi connectivity index (χ4n) is 4.70. The summed E-state index contributed by atoms with van der Waals surface area (Å²) in [6.07, 6.45) is 0.101. The van der Waals surface area contributed by atoms with Crippen molar-refractivity contribution >= 4 is 27.7 Å². The summed E-state index contributed by atoms with van der Waals surface area (Å²) in [5, 5.41) is 16.3. The van der Waals surface area contributed by atoms with Gasteiger partial charge in [-0.25, -0.2) is 0 Å². The van der Waals surface area contributed by atoms with Crippen molar-refractivity contribution in [2.75, 3.05) is 13.2 Å². The maximum Gasteiger partial charge on any atom is 0.248 e. The maximum atomic E-state index is 11.2. The van der Waals surface area contributed by atoms with Crippen LogP contribution in [0.1, 0.15) is 29.8 Å². The summed E-state index contributed by atoms with van der Waals surface area (Å²) < 4.78 is 11.9. The molecule has 1 aromatic heterocycles. The van der Waals surface area contributed by atoms with Gasteiger partial charge in [-0.2, -0.15) is 0 Å². The molecule has 200 valence electrons. The average Bonchev–Trinajstić information content (AvgIpc) is 3.31. The molecule has 7 heteroatoms. The lowest BCUT2D eigenvalue weighted by Crippen LogP contribution is -2.46. The maximum absolute atomic E-state index is 11.2. The zero-order valence-electron chi connectivity index (χ0n) is 22.1. The van der Waals surface area contributed by atoms with E-state index in [1.807, 2.05) is 60.7 Å². The Bertz CT molecular complexity index is 1570. The molecule has 0 unspecified atom stereocenters. The van der Waals surface area contributed by atoms with Crippen LogP contribution in [-0.2, 0) is 6.42 Å². The second kappa shape index (κ2) is 11.2. The highest BCUT2D eigenvalue weighted by Crippen LogP contribution is 2.33. The van der Waals surface area contributed by atoms with Gasteiger partial charge < -0.3 is 30.6 Å². The lowest BCUT2D eigenvalue weighted by molar-refractivity contribution is 0.0995. The van der Waals surface area contributed by atoms with Crippen LogP contribution in [0, 0.1) is 0 Å². The van der Waals surface area contributed by atoms with Gasteiger partial charge in [-0.15, -0.1) is 0 Å². The number of carbonyl (C=O) groups is 1. The number of H-pyrrole nitrogens is 1. The first-order valence-electron chi connectivity index (χ1n) is 13.0. The molecule has 0 spiro atoms. The van der Waals surface area contributed by atoms with E-state index in [-0.39, 0.29) is 12.1 Å². The van der Waals surface area contributed by atoms with E-state index in [2.05, 4.69) is 30.2 Å². The minimum atomic E-state index is -0.665. The zero-order chi connectivity index (χ0) is 27.4. The summed E-state index contributed by atoms with van der Waals surface area (Å²) in [5.41, 5.74) is 8.70. The Morgan fingerprint density at radius 1 is 0.923 bits per heavy atom. The first-order chi connectivity index (χ1) is 18.8. The van der Waals surface area contributed by atoms with Gasteiger partial charge in [0.2, 0.25) is 5.91 Å². The first kappa shape index (κ1) is 26.3. The highest BCUT2D eigenvalue weighted by atomic mass is 16.5. The Morgan fingerprint density at radius 3 is 2.31 bits per heavy atom. The third kappa shape index (κ3) is 6.39. The van der Waals surface area contributed by atoms with E-state index in [9.17, 15) is 9.90 Å². The molecular formula is C32H33N3O4. The van der Waals surface area contributed by atoms with Crippen LogP contribution in [0.25, 0.3) is 21.8 Å². The number of aliphatic hydroxyl groups excluding tert-OH is 1. The number of primary amides is 1. The van der Waals surface area contributed by atoms with Crippen molar-refractivity contribution in [2.24, 2.45) is 5.73 Å². The molecular weight excluding hydrogens is 490 g/mol. The number of amides is 1. The molecule has 1 heterocycles. The number of fused-ring (bicyclic) bond motifs is 3. The molecule has 5 N–H and O–H groups in total. The van der Waals surface area contributed by atoms with Crippen LogP contribution in [-0.4, -0.2) is 40.8 Å². The summed E-state index contributed by atoms with van der Waals surface area (Å²) in [6, 6.07) is 28.7. The van der Waals surface area contributed by atoms with Crippen molar-refractivity contribution in [2.45, 2.75) is 31.9 Å². The third-order valence-corrected chi connectivity index (χ3v) is 6.68. The van der Waals surface area contributed by atoms with Crippen molar-refractivity contribution in [3.63, 3.8) is 0 Å². The number of ether oxygens (including phenoxy) is 2. The summed E-state index contributed by atoms with van der Waals surface area (Å²) in [5.74, 6) is 1.63. The van der Waals surface area contributed by atoms with E-state index in [1.165, 1.54) is 0 Å². The second-order valence-electron chi connectivity index (χ2n) is 10.4. The van der Waals surface area contributed by atoms with Crippen molar-refractivity contribution in [3.8, 4) is 17.2 Å². The van der Waals surface area contributed by atoms with Gasteiger partial charge in [0, 0.05) is 33.9 Å². The molecule has 5 rings (SSSR count). The van der Waals surface area contributed by atoms with E-state index in [0.29, 0.717) is 23.6 Å². The number of hydrogen-bond acceptors (Lipinski definition) is 5. The highest BCUT2D eigenvalue weighted by molar-refractivity contribution is 6.10. The van der Waals surface area contributed by atoms with Crippen molar-refractivity contribution in [1.29, 1.82) is 0 Å². The number of nitrogens with one attached hydrogen (secondary N) is 2. The van der Waals surface area contributed by atoms with Crippen LogP contribution in [0.3, 0.4) is 0 Å². The smallest absolute Gasteiger partial charge is 0.248 e. The van der Waals surface area contributed by atoms with Gasteiger partial charge in [-0.05, 0) is 80.4 Å². The summed E-state index contributed by atoms with van der Waals surface area (Å²) >= 11 is 0. The number of nitrogens with two attached hydrogens (primary N) is 1. The lowest BCUT2D eigenvalue weighted by Gasteiger charge is -2.28. The van der Waals surface area contributed by atoms with Gasteiger partial charge in [-0.3, -0.25) is 4.79 Å². The Labute approximate surface area is 227 Å². The molecule has 7 nitrogen and oxygen atoms in total. The molecule has 0 saturated heterocycles. The standard InChI is InChI=1S/C32H33N3O4/c1-32(2,18-21-10-14-24(15-11-21)39-25-16-12-22(13-17-25)31(33)37)34-19-23(36)20-38-29-9-5-8-28-30(29)26-6-3-4-7-27(26)35-28/h3-17,23,34-36H,18-20H2,1-2H3,(H2,33,37)/t23-/m0/s1. The van der Waals surface area contributed by atoms with Crippen molar-refractivity contribution in [1.82, 2.24) is 10.3 Å². The van der Waals surface area contributed by atoms with Gasteiger partial charge in [0.1, 0.15) is 30.0 Å². The number of β-amino-alcohol motifs (C(OH)–C–C–N with tert-alkyl or cyclic N) is 1. The number of rotatable bonds is 11. The van der Waals surface area contributed by atoms with Gasteiger partial charge in [-0.1, -0.05) is 36.4 Å². The van der Waals surface area contributed by atoms with Crippen molar-refractivity contribution in [3.05, 3.63) is 102 Å². The molecule has 0 aliphatic carbocycles. The predicted molar refractivity (Wildman–Crippen MR) is 155 cm³/mol. The average molecular weight is 524 g/mol. The number of aliphatic hydroxyl groups is 1. The Balaban J connectivity index is 1.13. The first-order valence-corrected chi connectivity index (χ1v) is 13.0. The molecule has 1 amide bonds. The van der Waals surface area contributed by atoms with Gasteiger partial charge in [0.15, 0.2) is 0 Å². The second-order valence-corrected chi connectivity index (χ2v) is 10.4. The summed E-state index contributed by atoms with van der Waals surface area (Å²) in [4.78, 5) is 14.6. The molecule has 0 aliphatic rings. The van der Waals surface area contributed by atoms with E-state index < -0.39 is 12.0 Å². The Hall–Kier alpha value is -4.33. The molecule has 0 saturated carbocycles. The van der Waals surface area contributed by atoms with E-state index >= 15 is 0 Å². The fourth-order valence-corrected chi connectivity index (χ4v) is 4.70. The molecule has 0 radical (unpaired) electrons. The summed E-state index contributed by atoms with van der Waals surface area (Å²) in [7, 11) is 0. The third-order valence-electron chi connectivity index (χ3n) is 6.68. The number of hydrogen-bond donors (Lipinski definition) is 4. The molecule has 39 heavy (non-hydrogen) atoms. The van der Waals surface area contributed by atoms with E-state index in [0.717, 1.165) is 39.5 Å². The van der Waals surface area contributed by atoms with Crippen LogP contribution in [0.2, 0.25) is 0 Å². The van der Waals surface area contributed by atoms with E-state index in [4.69, 9.17) is 15.2 Å². The lowest BCUT2D eigenvalue weighted by atomic mass is 9.94. The fraction of sp³-hybridized carbons (Fsp3) is 0.219. The molecule has 4 aromatic carbocycles. The molecule has 0 fully saturated rings. The molecule has 1 atom stereocenters.